The van der Waals surface area contributed by atoms with Crippen LogP contribution in [0.1, 0.15) is 53.1 Å². The van der Waals surface area contributed by atoms with E-state index >= 15 is 0 Å². The first kappa shape index (κ1) is 27.8. The molecule has 4 aromatic carbocycles. The third kappa shape index (κ3) is 6.22. The summed E-state index contributed by atoms with van der Waals surface area (Å²) in [6.07, 6.45) is 1.33. The molecule has 0 aliphatic carbocycles. The molecule has 0 aromatic heterocycles. The van der Waals surface area contributed by atoms with Crippen molar-refractivity contribution in [2.75, 3.05) is 24.5 Å². The molecule has 1 amide bonds. The third-order valence-electron chi connectivity index (χ3n) is 7.25. The van der Waals surface area contributed by atoms with Gasteiger partial charge in [0.25, 0.3) is 0 Å². The Kier molecular flexibility index (Phi) is 8.02. The first-order valence-corrected chi connectivity index (χ1v) is 13.8. The zero-order chi connectivity index (χ0) is 29.0. The minimum atomic E-state index is -0.645. The fourth-order valence-corrected chi connectivity index (χ4v) is 5.36. The number of piperazine rings is 1. The Morgan fingerprint density at radius 3 is 1.90 bits per heavy atom. The van der Waals surface area contributed by atoms with E-state index < -0.39 is 5.60 Å². The van der Waals surface area contributed by atoms with E-state index in [4.69, 9.17) is 4.74 Å². The van der Waals surface area contributed by atoms with Crippen LogP contribution in [0, 0.1) is 0 Å². The summed E-state index contributed by atoms with van der Waals surface area (Å²) >= 11 is 0. The summed E-state index contributed by atoms with van der Waals surface area (Å²) in [5, 5.41) is 0. The number of ether oxygens (including phenoxy) is 1. The number of carbonyl (C=O) groups excluding carboxylic acids is 3. The van der Waals surface area contributed by atoms with Gasteiger partial charge in [0.2, 0.25) is 0 Å². The van der Waals surface area contributed by atoms with Gasteiger partial charge in [-0.1, -0.05) is 72.8 Å². The van der Waals surface area contributed by atoms with E-state index in [1.54, 1.807) is 11.0 Å². The Bertz CT molecular complexity index is 1540. The van der Waals surface area contributed by atoms with Gasteiger partial charge in [0.1, 0.15) is 18.2 Å². The van der Waals surface area contributed by atoms with Crippen molar-refractivity contribution in [2.45, 2.75) is 32.4 Å². The average molecular weight is 547 g/mol. The van der Waals surface area contributed by atoms with Crippen LogP contribution in [0.2, 0.25) is 0 Å². The quantitative estimate of drug-likeness (QED) is 0.235. The molecule has 1 saturated heterocycles. The standard InChI is InChI=1S/C35H34N2O4/c1-35(2,3)41-34(40)37-19-18-36(32-17-15-26(24-39)21-31(32)28-12-8-5-9-13-28)22-33(37)29-16-14-25(23-38)20-30(29)27-10-6-4-7-11-27/h4-17,20-21,23-24,33H,18-19,22H2,1-3H3. The Morgan fingerprint density at radius 2 is 1.32 bits per heavy atom. The van der Waals surface area contributed by atoms with Crippen LogP contribution in [0.5, 0.6) is 0 Å². The van der Waals surface area contributed by atoms with Crippen molar-refractivity contribution in [3.8, 4) is 22.3 Å². The maximum absolute atomic E-state index is 13.6. The zero-order valence-electron chi connectivity index (χ0n) is 23.6. The van der Waals surface area contributed by atoms with Gasteiger partial charge in [0, 0.05) is 42.0 Å². The second kappa shape index (κ2) is 11.8. The van der Waals surface area contributed by atoms with Crippen LogP contribution < -0.4 is 4.90 Å². The molecule has 6 nitrogen and oxygen atoms in total. The first-order valence-electron chi connectivity index (χ1n) is 13.8. The number of amides is 1. The third-order valence-corrected chi connectivity index (χ3v) is 7.25. The highest BCUT2D eigenvalue weighted by molar-refractivity contribution is 5.86. The van der Waals surface area contributed by atoms with Gasteiger partial charge in [-0.15, -0.1) is 0 Å². The molecule has 4 aromatic rings. The molecule has 1 unspecified atom stereocenters. The second-order valence-electron chi connectivity index (χ2n) is 11.2. The Labute approximate surface area is 241 Å². The Balaban J connectivity index is 1.62. The summed E-state index contributed by atoms with van der Waals surface area (Å²) < 4.78 is 5.86. The molecule has 1 aliphatic heterocycles. The lowest BCUT2D eigenvalue weighted by Crippen LogP contribution is -2.52. The highest BCUT2D eigenvalue weighted by Crippen LogP contribution is 2.39. The van der Waals surface area contributed by atoms with Crippen molar-refractivity contribution in [2.24, 2.45) is 0 Å². The zero-order valence-corrected chi connectivity index (χ0v) is 23.6. The summed E-state index contributed by atoms with van der Waals surface area (Å²) in [5.74, 6) is 0. The minimum absolute atomic E-state index is 0.358. The van der Waals surface area contributed by atoms with Crippen molar-refractivity contribution in [3.05, 3.63) is 114 Å². The van der Waals surface area contributed by atoms with E-state index in [1.807, 2.05) is 112 Å². The van der Waals surface area contributed by atoms with Crippen molar-refractivity contribution < 1.29 is 19.1 Å². The van der Waals surface area contributed by atoms with E-state index in [2.05, 4.69) is 4.90 Å². The maximum atomic E-state index is 13.6. The lowest BCUT2D eigenvalue weighted by atomic mass is 9.90. The Hall–Kier alpha value is -4.71. The molecule has 1 fully saturated rings. The lowest BCUT2D eigenvalue weighted by Gasteiger charge is -2.44. The summed E-state index contributed by atoms with van der Waals surface area (Å²) in [6.45, 7) is 7.12. The normalized spacial score (nSPS) is 15.3. The number of carbonyl (C=O) groups is 3. The fourth-order valence-electron chi connectivity index (χ4n) is 5.36. The van der Waals surface area contributed by atoms with Crippen LogP contribution in [0.25, 0.3) is 22.3 Å². The molecule has 0 N–H and O–H groups in total. The number of hydrogen-bond donors (Lipinski definition) is 0. The smallest absolute Gasteiger partial charge is 0.410 e. The first-order chi connectivity index (χ1) is 19.8. The fraction of sp³-hybridized carbons (Fsp3) is 0.229. The number of rotatable bonds is 6. The molecular weight excluding hydrogens is 512 g/mol. The molecule has 1 heterocycles. The number of aldehydes is 2. The molecule has 0 spiro atoms. The van der Waals surface area contributed by atoms with Crippen LogP contribution in [-0.2, 0) is 4.74 Å². The van der Waals surface area contributed by atoms with Crippen molar-refractivity contribution >= 4 is 24.4 Å². The van der Waals surface area contributed by atoms with Gasteiger partial charge in [-0.25, -0.2) is 4.79 Å². The van der Waals surface area contributed by atoms with Crippen molar-refractivity contribution in [1.29, 1.82) is 0 Å². The highest BCUT2D eigenvalue weighted by Gasteiger charge is 2.36. The number of nitrogens with zero attached hydrogens (tertiary/aromatic N) is 2. The van der Waals surface area contributed by atoms with E-state index in [-0.39, 0.29) is 12.1 Å². The van der Waals surface area contributed by atoms with Crippen LogP contribution in [-0.4, -0.2) is 48.8 Å². The van der Waals surface area contributed by atoms with E-state index in [1.165, 1.54) is 0 Å². The monoisotopic (exact) mass is 546 g/mol. The van der Waals surface area contributed by atoms with Crippen LogP contribution in [0.4, 0.5) is 10.5 Å². The minimum Gasteiger partial charge on any atom is -0.444 e. The predicted molar refractivity (Wildman–Crippen MR) is 162 cm³/mol. The average Bonchev–Trinajstić information content (AvgIpc) is 3.00. The molecule has 0 saturated carbocycles. The van der Waals surface area contributed by atoms with E-state index in [0.29, 0.717) is 30.8 Å². The topological polar surface area (TPSA) is 66.9 Å². The van der Waals surface area contributed by atoms with E-state index in [0.717, 1.165) is 46.1 Å². The molecule has 41 heavy (non-hydrogen) atoms. The molecule has 0 bridgehead atoms. The van der Waals surface area contributed by atoms with E-state index in [9.17, 15) is 14.4 Å². The summed E-state index contributed by atoms with van der Waals surface area (Å²) in [7, 11) is 0. The SMILES string of the molecule is CC(C)(C)OC(=O)N1CCN(c2ccc(C=O)cc2-c2ccccc2)CC1c1ccc(C=O)cc1-c1ccccc1. The van der Waals surface area contributed by atoms with Crippen molar-refractivity contribution in [1.82, 2.24) is 4.90 Å². The molecule has 208 valence electrons. The van der Waals surface area contributed by atoms with Crippen molar-refractivity contribution in [3.63, 3.8) is 0 Å². The van der Waals surface area contributed by atoms with Gasteiger partial charge >= 0.3 is 6.09 Å². The summed E-state index contributed by atoms with van der Waals surface area (Å²) in [6, 6.07) is 30.9. The number of hydrogen-bond acceptors (Lipinski definition) is 5. The van der Waals surface area contributed by atoms with Crippen LogP contribution in [0.3, 0.4) is 0 Å². The largest absolute Gasteiger partial charge is 0.444 e. The number of anilines is 1. The highest BCUT2D eigenvalue weighted by atomic mass is 16.6. The van der Waals surface area contributed by atoms with Gasteiger partial charge in [-0.2, -0.15) is 0 Å². The second-order valence-corrected chi connectivity index (χ2v) is 11.2. The molecule has 5 rings (SSSR count). The van der Waals surface area contributed by atoms with Gasteiger partial charge in [0.15, 0.2) is 0 Å². The number of benzene rings is 4. The lowest BCUT2D eigenvalue weighted by molar-refractivity contribution is 0.0138. The molecule has 6 heteroatoms. The predicted octanol–water partition coefficient (Wildman–Crippen LogP) is 7.44. The van der Waals surface area contributed by atoms with Crippen LogP contribution >= 0.6 is 0 Å². The van der Waals surface area contributed by atoms with Gasteiger partial charge < -0.3 is 9.64 Å². The van der Waals surface area contributed by atoms with Gasteiger partial charge in [0.05, 0.1) is 6.04 Å². The van der Waals surface area contributed by atoms with Crippen LogP contribution in [0.15, 0.2) is 97.1 Å². The Morgan fingerprint density at radius 1 is 0.756 bits per heavy atom. The summed E-state index contributed by atoms with van der Waals surface area (Å²) in [5.41, 5.74) is 6.28. The maximum Gasteiger partial charge on any atom is 0.410 e. The van der Waals surface area contributed by atoms with Gasteiger partial charge in [-0.3, -0.25) is 14.5 Å². The molecule has 1 atom stereocenters. The molecule has 1 aliphatic rings. The summed E-state index contributed by atoms with van der Waals surface area (Å²) in [4.78, 5) is 41.1. The van der Waals surface area contributed by atoms with Gasteiger partial charge in [-0.05, 0) is 67.3 Å². The molecular formula is C35H34N2O4. The molecule has 0 radical (unpaired) electrons.